The predicted molar refractivity (Wildman–Crippen MR) is 90.7 cm³/mol. The lowest BCUT2D eigenvalue weighted by Gasteiger charge is -2.28. The third-order valence-corrected chi connectivity index (χ3v) is 5.44. The van der Waals surface area contributed by atoms with E-state index in [0.717, 1.165) is 0 Å². The molecule has 138 valence electrons. The summed E-state index contributed by atoms with van der Waals surface area (Å²) in [6, 6.07) is 4.58. The van der Waals surface area contributed by atoms with Gasteiger partial charge in [-0.3, -0.25) is 14.4 Å². The molecule has 0 aromatic heterocycles. The van der Waals surface area contributed by atoms with Crippen LogP contribution >= 0.6 is 0 Å². The van der Waals surface area contributed by atoms with E-state index in [1.807, 2.05) is 0 Å². The van der Waals surface area contributed by atoms with Crippen molar-refractivity contribution in [3.8, 4) is 11.5 Å². The number of benzene rings is 1. The van der Waals surface area contributed by atoms with Crippen LogP contribution in [0.15, 0.2) is 18.2 Å². The summed E-state index contributed by atoms with van der Waals surface area (Å²) in [6.07, 6.45) is 0.578. The highest BCUT2D eigenvalue weighted by Crippen LogP contribution is 2.37. The summed E-state index contributed by atoms with van der Waals surface area (Å²) in [5.74, 6) is 0.930. The molecule has 0 radical (unpaired) electrons. The third kappa shape index (κ3) is 2.56. The number of nitrogens with one attached hydrogen (secondary N) is 1. The van der Waals surface area contributed by atoms with Gasteiger partial charge < -0.3 is 24.6 Å². The van der Waals surface area contributed by atoms with Gasteiger partial charge in [-0.05, 0) is 24.6 Å². The van der Waals surface area contributed by atoms with Crippen LogP contribution in [0, 0.1) is 5.92 Å². The van der Waals surface area contributed by atoms with Crippen molar-refractivity contribution in [2.45, 2.75) is 25.4 Å². The molecule has 26 heavy (non-hydrogen) atoms. The van der Waals surface area contributed by atoms with Gasteiger partial charge in [-0.15, -0.1) is 0 Å². The number of amides is 3. The lowest BCUT2D eigenvalue weighted by molar-refractivity contribution is -0.138. The molecule has 4 rings (SSSR count). The highest BCUT2D eigenvalue weighted by molar-refractivity contribution is 5.95. The zero-order valence-corrected chi connectivity index (χ0v) is 14.7. The number of carbonyl (C=O) groups is 3. The minimum Gasteiger partial charge on any atom is -0.454 e. The van der Waals surface area contributed by atoms with Gasteiger partial charge in [-0.25, -0.2) is 0 Å². The van der Waals surface area contributed by atoms with Gasteiger partial charge >= 0.3 is 0 Å². The SMILES string of the molecule is CNC(=O)[C@@H]1C[C@H]2CN(C(=O)c3ccc4c(c3)OCO4)C[C@H]2N1C(C)=O. The van der Waals surface area contributed by atoms with E-state index < -0.39 is 6.04 Å². The maximum atomic E-state index is 12.9. The molecule has 3 aliphatic rings. The maximum Gasteiger partial charge on any atom is 0.254 e. The van der Waals surface area contributed by atoms with Crippen LogP contribution in [0.4, 0.5) is 0 Å². The monoisotopic (exact) mass is 359 g/mol. The largest absolute Gasteiger partial charge is 0.454 e. The zero-order valence-electron chi connectivity index (χ0n) is 14.7. The molecule has 3 aliphatic heterocycles. The Morgan fingerprint density at radius 3 is 2.65 bits per heavy atom. The van der Waals surface area contributed by atoms with Gasteiger partial charge in [0, 0.05) is 38.5 Å². The molecule has 1 N–H and O–H groups in total. The normalized spacial score (nSPS) is 26.0. The zero-order chi connectivity index (χ0) is 18.4. The minimum atomic E-state index is -0.449. The molecule has 0 saturated carbocycles. The van der Waals surface area contributed by atoms with E-state index in [2.05, 4.69) is 5.32 Å². The van der Waals surface area contributed by atoms with E-state index in [9.17, 15) is 14.4 Å². The Bertz CT molecular complexity index is 780. The topological polar surface area (TPSA) is 88.2 Å². The fourth-order valence-corrected chi connectivity index (χ4v) is 4.26. The summed E-state index contributed by atoms with van der Waals surface area (Å²) >= 11 is 0. The fourth-order valence-electron chi connectivity index (χ4n) is 4.26. The molecule has 0 unspecified atom stereocenters. The predicted octanol–water partition coefficient (Wildman–Crippen LogP) is 0.223. The Balaban J connectivity index is 1.51. The molecule has 0 spiro atoms. The summed E-state index contributed by atoms with van der Waals surface area (Å²) < 4.78 is 10.6. The molecule has 3 atom stereocenters. The highest BCUT2D eigenvalue weighted by atomic mass is 16.7. The fraction of sp³-hybridized carbons (Fsp3) is 0.500. The number of rotatable bonds is 2. The summed E-state index contributed by atoms with van der Waals surface area (Å²) in [5, 5.41) is 2.63. The highest BCUT2D eigenvalue weighted by Gasteiger charge is 2.50. The van der Waals surface area contributed by atoms with Gasteiger partial charge in [0.1, 0.15) is 6.04 Å². The van der Waals surface area contributed by atoms with Gasteiger partial charge in [0.25, 0.3) is 5.91 Å². The second kappa shape index (κ2) is 6.19. The number of nitrogens with zero attached hydrogens (tertiary/aromatic N) is 2. The van der Waals surface area contributed by atoms with Crippen LogP contribution in [0.5, 0.6) is 11.5 Å². The Hall–Kier alpha value is -2.77. The van der Waals surface area contributed by atoms with Crippen molar-refractivity contribution >= 4 is 17.7 Å². The summed E-state index contributed by atoms with van der Waals surface area (Å²) in [5.41, 5.74) is 0.534. The van der Waals surface area contributed by atoms with E-state index in [1.54, 1.807) is 35.0 Å². The van der Waals surface area contributed by atoms with E-state index in [4.69, 9.17) is 9.47 Å². The minimum absolute atomic E-state index is 0.0994. The smallest absolute Gasteiger partial charge is 0.254 e. The summed E-state index contributed by atoms with van der Waals surface area (Å²) in [6.45, 7) is 2.61. The lowest BCUT2D eigenvalue weighted by atomic mass is 10.0. The Morgan fingerprint density at radius 1 is 1.15 bits per heavy atom. The lowest BCUT2D eigenvalue weighted by Crippen LogP contribution is -2.49. The summed E-state index contributed by atoms with van der Waals surface area (Å²) in [4.78, 5) is 40.5. The van der Waals surface area contributed by atoms with Crippen LogP contribution in [0.1, 0.15) is 23.7 Å². The van der Waals surface area contributed by atoms with E-state index >= 15 is 0 Å². The molecule has 8 heteroatoms. The second-order valence-electron chi connectivity index (χ2n) is 6.90. The van der Waals surface area contributed by atoms with Crippen LogP contribution in [0.3, 0.4) is 0 Å². The molecule has 8 nitrogen and oxygen atoms in total. The first-order valence-electron chi connectivity index (χ1n) is 8.69. The van der Waals surface area contributed by atoms with Gasteiger partial charge in [0.15, 0.2) is 11.5 Å². The quantitative estimate of drug-likeness (QED) is 0.816. The van der Waals surface area contributed by atoms with Crippen LogP contribution in [-0.2, 0) is 9.59 Å². The number of hydrogen-bond acceptors (Lipinski definition) is 5. The number of likely N-dealkylation sites (N-methyl/N-ethyl adjacent to an activating group) is 1. The van der Waals surface area contributed by atoms with Crippen molar-refractivity contribution in [2.24, 2.45) is 5.92 Å². The van der Waals surface area contributed by atoms with Crippen molar-refractivity contribution in [1.82, 2.24) is 15.1 Å². The maximum absolute atomic E-state index is 12.9. The van der Waals surface area contributed by atoms with Gasteiger partial charge in [-0.1, -0.05) is 0 Å². The number of ether oxygens (including phenoxy) is 2. The average Bonchev–Trinajstić information content (AvgIpc) is 3.32. The van der Waals surface area contributed by atoms with Crippen LogP contribution in [0.2, 0.25) is 0 Å². The molecule has 1 aromatic carbocycles. The van der Waals surface area contributed by atoms with Crippen LogP contribution < -0.4 is 14.8 Å². The van der Waals surface area contributed by atoms with Crippen molar-refractivity contribution in [3.63, 3.8) is 0 Å². The molecular formula is C18H21N3O5. The standard InChI is InChI=1S/C18H21N3O5/c1-10(22)21-13(17(23)19-2)5-12-7-20(8-14(12)21)18(24)11-3-4-15-16(6-11)26-9-25-15/h3-4,6,12-14H,5,7-9H2,1-2H3,(H,19,23)/t12-,13-,14+/m0/s1. The van der Waals surface area contributed by atoms with E-state index in [1.165, 1.54) is 6.92 Å². The number of fused-ring (bicyclic) bond motifs is 2. The second-order valence-corrected chi connectivity index (χ2v) is 6.90. The first kappa shape index (κ1) is 16.7. The first-order valence-corrected chi connectivity index (χ1v) is 8.69. The Morgan fingerprint density at radius 2 is 1.92 bits per heavy atom. The van der Waals surface area contributed by atoms with Gasteiger partial charge in [0.2, 0.25) is 18.6 Å². The molecule has 3 heterocycles. The van der Waals surface area contributed by atoms with Crippen molar-refractivity contribution in [3.05, 3.63) is 23.8 Å². The number of carbonyl (C=O) groups excluding carboxylic acids is 3. The molecular weight excluding hydrogens is 338 g/mol. The molecule has 3 amide bonds. The Kier molecular flexibility index (Phi) is 3.97. The van der Waals surface area contributed by atoms with Crippen molar-refractivity contribution < 1.29 is 23.9 Å². The van der Waals surface area contributed by atoms with Crippen molar-refractivity contribution in [2.75, 3.05) is 26.9 Å². The van der Waals surface area contributed by atoms with Gasteiger partial charge in [-0.2, -0.15) is 0 Å². The number of likely N-dealkylation sites (tertiary alicyclic amines) is 2. The molecule has 2 saturated heterocycles. The average molecular weight is 359 g/mol. The summed E-state index contributed by atoms with van der Waals surface area (Å²) in [7, 11) is 1.57. The number of hydrogen-bond donors (Lipinski definition) is 1. The van der Waals surface area contributed by atoms with E-state index in [0.29, 0.717) is 36.6 Å². The molecule has 2 fully saturated rings. The molecule has 0 bridgehead atoms. The van der Waals surface area contributed by atoms with E-state index in [-0.39, 0.29) is 36.5 Å². The Labute approximate surface area is 151 Å². The van der Waals surface area contributed by atoms with Crippen molar-refractivity contribution in [1.29, 1.82) is 0 Å². The van der Waals surface area contributed by atoms with Gasteiger partial charge in [0.05, 0.1) is 6.04 Å². The van der Waals surface area contributed by atoms with Crippen LogP contribution in [-0.4, -0.2) is 66.5 Å². The molecule has 0 aliphatic carbocycles. The van der Waals surface area contributed by atoms with Crippen LogP contribution in [0.25, 0.3) is 0 Å². The third-order valence-electron chi connectivity index (χ3n) is 5.44. The first-order chi connectivity index (χ1) is 12.5. The molecule has 1 aromatic rings.